The third kappa shape index (κ3) is 5.52. The first-order valence-electron chi connectivity index (χ1n) is 6.54. The van der Waals surface area contributed by atoms with Crippen LogP contribution in [-0.4, -0.2) is 16.9 Å². The van der Waals surface area contributed by atoms with Crippen molar-refractivity contribution in [3.8, 4) is 0 Å². The number of hydrazine groups is 1. The Bertz CT molecular complexity index is 772. The van der Waals surface area contributed by atoms with Crippen LogP contribution in [0.25, 0.3) is 6.08 Å². The number of rotatable bonds is 3. The van der Waals surface area contributed by atoms with Crippen molar-refractivity contribution < 1.29 is 9.59 Å². The highest BCUT2D eigenvalue weighted by Crippen LogP contribution is 2.26. The van der Waals surface area contributed by atoms with Gasteiger partial charge in [0.25, 0.3) is 5.91 Å². The Labute approximate surface area is 164 Å². The zero-order chi connectivity index (χ0) is 17.5. The number of thiocarbonyl (C=S) groups is 1. The quantitative estimate of drug-likeness (QED) is 0.350. The fourth-order valence-corrected chi connectivity index (χ4v) is 3.63. The molecule has 0 aliphatic rings. The number of halogens is 2. The van der Waals surface area contributed by atoms with Gasteiger partial charge >= 0.3 is 0 Å². The lowest BCUT2D eigenvalue weighted by atomic mass is 10.2. The van der Waals surface area contributed by atoms with E-state index in [-0.39, 0.29) is 11.0 Å². The molecule has 0 saturated carbocycles. The van der Waals surface area contributed by atoms with Crippen molar-refractivity contribution in [2.24, 2.45) is 0 Å². The first-order valence-corrected chi connectivity index (χ1v) is 9.41. The minimum Gasteiger partial charge on any atom is -0.298 e. The minimum absolute atomic E-state index is 0.000694. The molecule has 5 nitrogen and oxygen atoms in total. The van der Waals surface area contributed by atoms with Crippen molar-refractivity contribution in [2.75, 3.05) is 0 Å². The number of carbonyl (C=O) groups excluding carboxylic acids is 2. The zero-order valence-electron chi connectivity index (χ0n) is 12.0. The smallest absolute Gasteiger partial charge is 0.279 e. The van der Waals surface area contributed by atoms with Crippen LogP contribution in [0.2, 0.25) is 0 Å². The summed E-state index contributed by atoms with van der Waals surface area (Å²) in [5.74, 6) is -0.741. The second-order valence-corrected chi connectivity index (χ2v) is 7.41. The fraction of sp³-hybridized carbons (Fsp3) is 0. The highest BCUT2D eigenvalue weighted by Gasteiger charge is 2.07. The van der Waals surface area contributed by atoms with Crippen LogP contribution in [0.3, 0.4) is 0 Å². The Balaban J connectivity index is 1.84. The molecule has 3 N–H and O–H groups in total. The molecule has 0 unspecified atom stereocenters. The van der Waals surface area contributed by atoms with E-state index in [0.29, 0.717) is 4.88 Å². The van der Waals surface area contributed by atoms with Gasteiger partial charge in [0, 0.05) is 20.6 Å². The van der Waals surface area contributed by atoms with Gasteiger partial charge in [-0.15, -0.1) is 11.3 Å². The van der Waals surface area contributed by atoms with Gasteiger partial charge in [-0.3, -0.25) is 25.8 Å². The normalized spacial score (nSPS) is 10.4. The number of hydrogen-bond donors (Lipinski definition) is 3. The first kappa shape index (κ1) is 18.8. The average molecular weight is 489 g/mol. The van der Waals surface area contributed by atoms with Crippen molar-refractivity contribution in [1.82, 2.24) is 16.2 Å². The summed E-state index contributed by atoms with van der Waals surface area (Å²) >= 11 is 13.1. The molecule has 1 aromatic carbocycles. The van der Waals surface area contributed by atoms with Crippen LogP contribution < -0.4 is 16.2 Å². The predicted molar refractivity (Wildman–Crippen MR) is 107 cm³/mol. The van der Waals surface area contributed by atoms with Crippen LogP contribution in [0.15, 0.2) is 50.7 Å². The van der Waals surface area contributed by atoms with Crippen LogP contribution in [0.4, 0.5) is 0 Å². The maximum absolute atomic E-state index is 11.9. The Hall–Kier alpha value is -1.55. The molecule has 1 heterocycles. The maximum atomic E-state index is 11.9. The van der Waals surface area contributed by atoms with Gasteiger partial charge in [0.2, 0.25) is 5.91 Å². The third-order valence-electron chi connectivity index (χ3n) is 2.67. The first-order chi connectivity index (χ1) is 11.5. The largest absolute Gasteiger partial charge is 0.298 e. The molecule has 0 spiro atoms. The molecule has 9 heteroatoms. The van der Waals surface area contributed by atoms with E-state index in [1.807, 2.05) is 18.2 Å². The molecule has 24 heavy (non-hydrogen) atoms. The lowest BCUT2D eigenvalue weighted by Crippen LogP contribution is -2.48. The molecule has 2 aromatic rings. The molecule has 1 aromatic heterocycles. The number of carbonyl (C=O) groups is 2. The highest BCUT2D eigenvalue weighted by molar-refractivity contribution is 9.11. The minimum atomic E-state index is -0.416. The summed E-state index contributed by atoms with van der Waals surface area (Å²) in [7, 11) is 0. The van der Waals surface area contributed by atoms with Crippen molar-refractivity contribution >= 4 is 78.4 Å². The molecule has 0 bridgehead atoms. The van der Waals surface area contributed by atoms with E-state index < -0.39 is 5.91 Å². The standard InChI is InChI=1S/C15H11Br2N3O2S2/c16-10-3-1-4-11(17)9(10)6-7-13(21)18-15(23)20-19-14(22)12-5-2-8-24-12/h1-8H,(H,19,22)(H2,18,20,21,23). The van der Waals surface area contributed by atoms with E-state index in [0.717, 1.165) is 14.5 Å². The van der Waals surface area contributed by atoms with Gasteiger partial charge in [-0.2, -0.15) is 0 Å². The zero-order valence-corrected chi connectivity index (χ0v) is 16.8. The molecule has 0 aliphatic heterocycles. The van der Waals surface area contributed by atoms with E-state index in [2.05, 4.69) is 48.0 Å². The third-order valence-corrected chi connectivity index (χ3v) is 5.13. The predicted octanol–water partition coefficient (Wildman–Crippen LogP) is 3.62. The summed E-state index contributed by atoms with van der Waals surface area (Å²) in [5.41, 5.74) is 5.72. The van der Waals surface area contributed by atoms with E-state index in [1.54, 1.807) is 23.6 Å². The van der Waals surface area contributed by atoms with E-state index in [1.165, 1.54) is 17.4 Å². The topological polar surface area (TPSA) is 70.2 Å². The number of hydrogen-bond acceptors (Lipinski definition) is 4. The average Bonchev–Trinajstić information content (AvgIpc) is 3.06. The van der Waals surface area contributed by atoms with Gasteiger partial charge in [0.15, 0.2) is 5.11 Å². The van der Waals surface area contributed by atoms with Crippen LogP contribution in [0, 0.1) is 0 Å². The van der Waals surface area contributed by atoms with Crippen molar-refractivity contribution in [3.63, 3.8) is 0 Å². The highest BCUT2D eigenvalue weighted by atomic mass is 79.9. The van der Waals surface area contributed by atoms with Crippen LogP contribution in [0.5, 0.6) is 0 Å². The Morgan fingerprint density at radius 2 is 1.79 bits per heavy atom. The second kappa shape index (κ2) is 9.07. The SMILES string of the molecule is O=C(C=Cc1c(Br)cccc1Br)NC(=S)NNC(=O)c1cccs1. The van der Waals surface area contributed by atoms with E-state index in [9.17, 15) is 9.59 Å². The van der Waals surface area contributed by atoms with Gasteiger partial charge < -0.3 is 0 Å². The van der Waals surface area contributed by atoms with Gasteiger partial charge in [-0.05, 0) is 41.9 Å². The molecule has 0 radical (unpaired) electrons. The molecule has 124 valence electrons. The summed E-state index contributed by atoms with van der Waals surface area (Å²) in [6, 6.07) is 9.07. The summed E-state index contributed by atoms with van der Waals surface area (Å²) < 4.78 is 1.70. The second-order valence-electron chi connectivity index (χ2n) is 4.34. The van der Waals surface area contributed by atoms with Gasteiger partial charge in [-0.25, -0.2) is 0 Å². The summed E-state index contributed by atoms with van der Waals surface area (Å²) in [6.45, 7) is 0. The molecule has 0 saturated heterocycles. The Kier molecular flexibility index (Phi) is 7.10. The van der Waals surface area contributed by atoms with Gasteiger partial charge in [0.1, 0.15) is 0 Å². The van der Waals surface area contributed by atoms with Crippen molar-refractivity contribution in [2.45, 2.75) is 0 Å². The van der Waals surface area contributed by atoms with Crippen molar-refractivity contribution in [1.29, 1.82) is 0 Å². The van der Waals surface area contributed by atoms with Gasteiger partial charge in [0.05, 0.1) is 4.88 Å². The maximum Gasteiger partial charge on any atom is 0.279 e. The fourth-order valence-electron chi connectivity index (χ4n) is 1.60. The van der Waals surface area contributed by atoms with Crippen LogP contribution in [0.1, 0.15) is 15.2 Å². The summed E-state index contributed by atoms with van der Waals surface area (Å²) in [4.78, 5) is 24.1. The lowest BCUT2D eigenvalue weighted by molar-refractivity contribution is -0.115. The molecule has 2 rings (SSSR count). The molecule has 0 fully saturated rings. The number of amides is 2. The van der Waals surface area contributed by atoms with E-state index >= 15 is 0 Å². The van der Waals surface area contributed by atoms with Crippen molar-refractivity contribution in [3.05, 3.63) is 61.2 Å². The van der Waals surface area contributed by atoms with Gasteiger partial charge in [-0.1, -0.05) is 44.0 Å². The molecular formula is C15H11Br2N3O2S2. The van der Waals surface area contributed by atoms with Crippen LogP contribution >= 0.6 is 55.4 Å². The molecular weight excluding hydrogens is 478 g/mol. The monoisotopic (exact) mass is 487 g/mol. The number of nitrogens with one attached hydrogen (secondary N) is 3. The lowest BCUT2D eigenvalue weighted by Gasteiger charge is -2.08. The molecule has 0 aliphatic carbocycles. The Morgan fingerprint density at radius 3 is 2.42 bits per heavy atom. The Morgan fingerprint density at radius 1 is 1.08 bits per heavy atom. The summed E-state index contributed by atoms with van der Waals surface area (Å²) in [6.07, 6.45) is 3.00. The number of benzene rings is 1. The van der Waals surface area contributed by atoms with E-state index in [4.69, 9.17) is 12.2 Å². The summed E-state index contributed by atoms with van der Waals surface area (Å²) in [5, 5.41) is 4.23. The molecule has 2 amide bonds. The van der Waals surface area contributed by atoms with Crippen LogP contribution in [-0.2, 0) is 4.79 Å². The molecule has 0 atom stereocenters. The number of thiophene rings is 1.